The van der Waals surface area contributed by atoms with Gasteiger partial charge in [-0.1, -0.05) is 19.9 Å². The van der Waals surface area contributed by atoms with E-state index in [1.54, 1.807) is 7.11 Å². The molecule has 1 aromatic heterocycles. The highest BCUT2D eigenvalue weighted by molar-refractivity contribution is 6.62. The summed E-state index contributed by atoms with van der Waals surface area (Å²) in [4.78, 5) is 4.42. The first kappa shape index (κ1) is 18.1. The van der Waals surface area contributed by atoms with Gasteiger partial charge in [-0.05, 0) is 40.2 Å². The summed E-state index contributed by atoms with van der Waals surface area (Å²) in [6, 6.07) is 2.06. The third-order valence-corrected chi connectivity index (χ3v) is 4.01. The number of hydrogen-bond acceptors (Lipinski definition) is 4. The lowest BCUT2D eigenvalue weighted by Gasteiger charge is -2.32. The predicted octanol–water partition coefficient (Wildman–Crippen LogP) is 2.86. The van der Waals surface area contributed by atoms with Crippen LogP contribution < -0.4 is 5.46 Å². The van der Waals surface area contributed by atoms with Crippen molar-refractivity contribution in [2.24, 2.45) is 0 Å². The smallest absolute Gasteiger partial charge is 0.399 e. The Morgan fingerprint density at radius 1 is 1.14 bits per heavy atom. The van der Waals surface area contributed by atoms with E-state index in [1.807, 2.05) is 54.7 Å². The van der Waals surface area contributed by atoms with Gasteiger partial charge >= 0.3 is 7.12 Å². The second-order valence-corrected chi connectivity index (χ2v) is 6.05. The number of nitrogens with zero attached hydrogens (tertiary/aromatic N) is 1. The average Bonchev–Trinajstić information content (AvgIpc) is 2.63. The lowest BCUT2D eigenvalue weighted by Crippen LogP contribution is -2.41. The predicted molar refractivity (Wildman–Crippen MR) is 86.8 cm³/mol. The van der Waals surface area contributed by atoms with Gasteiger partial charge in [0.1, 0.15) is 0 Å². The van der Waals surface area contributed by atoms with E-state index < -0.39 is 0 Å². The molecule has 1 aliphatic rings. The summed E-state index contributed by atoms with van der Waals surface area (Å²) < 4.78 is 17.1. The molecule has 0 atom stereocenters. The first-order chi connectivity index (χ1) is 9.77. The highest BCUT2D eigenvalue weighted by Crippen LogP contribution is 2.36. The summed E-state index contributed by atoms with van der Waals surface area (Å²) in [6.45, 7) is 14.7. The first-order valence-corrected chi connectivity index (χ1v) is 7.57. The molecule has 4 nitrogen and oxygen atoms in total. The molecule has 0 aromatic carbocycles. The van der Waals surface area contributed by atoms with E-state index in [9.17, 15) is 0 Å². The number of rotatable bonds is 3. The molecule has 0 N–H and O–H groups in total. The maximum atomic E-state index is 6.01. The van der Waals surface area contributed by atoms with Crippen LogP contribution in [0.15, 0.2) is 12.3 Å². The molecule has 0 spiro atoms. The van der Waals surface area contributed by atoms with Crippen molar-refractivity contribution in [2.45, 2.75) is 66.3 Å². The molecule has 21 heavy (non-hydrogen) atoms. The largest absolute Gasteiger partial charge is 0.496 e. The van der Waals surface area contributed by atoms with Gasteiger partial charge in [0.15, 0.2) is 0 Å². The summed E-state index contributed by atoms with van der Waals surface area (Å²) in [6.07, 6.45) is 1.81. The molecule has 5 heteroatoms. The van der Waals surface area contributed by atoms with Crippen molar-refractivity contribution < 1.29 is 14.0 Å². The number of pyridine rings is 1. The molecule has 1 aliphatic heterocycles. The van der Waals surface area contributed by atoms with Crippen molar-refractivity contribution in [1.29, 1.82) is 0 Å². The summed E-state index contributed by atoms with van der Waals surface area (Å²) in [7, 11) is 1.32. The lowest BCUT2D eigenvalue weighted by molar-refractivity contribution is 0.00578. The quantitative estimate of drug-likeness (QED) is 0.804. The van der Waals surface area contributed by atoms with Gasteiger partial charge in [-0.25, -0.2) is 0 Å². The van der Waals surface area contributed by atoms with E-state index in [-0.39, 0.29) is 18.3 Å². The zero-order valence-corrected chi connectivity index (χ0v) is 14.6. The Hall–Kier alpha value is -0.905. The maximum Gasteiger partial charge on any atom is 0.496 e. The SMILES string of the molecule is CC.COCc1ncc(B2OC(C)(C)C(C)(C)O2)cc1C. The fraction of sp³-hybridized carbons (Fsp3) is 0.688. The molecule has 0 aliphatic carbocycles. The summed E-state index contributed by atoms with van der Waals surface area (Å²) in [5.74, 6) is 0. The molecule has 1 aromatic rings. The summed E-state index contributed by atoms with van der Waals surface area (Å²) >= 11 is 0. The van der Waals surface area contributed by atoms with E-state index in [2.05, 4.69) is 11.1 Å². The summed E-state index contributed by atoms with van der Waals surface area (Å²) in [5, 5.41) is 0. The minimum atomic E-state index is -0.354. The van der Waals surface area contributed by atoms with Crippen LogP contribution in [-0.4, -0.2) is 30.4 Å². The second-order valence-electron chi connectivity index (χ2n) is 6.05. The van der Waals surface area contributed by atoms with Crippen molar-refractivity contribution in [1.82, 2.24) is 4.98 Å². The second kappa shape index (κ2) is 6.90. The van der Waals surface area contributed by atoms with Gasteiger partial charge in [0.2, 0.25) is 0 Å². The van der Waals surface area contributed by atoms with Gasteiger partial charge in [-0.3, -0.25) is 4.98 Å². The Labute approximate surface area is 129 Å². The Morgan fingerprint density at radius 2 is 1.67 bits per heavy atom. The van der Waals surface area contributed by atoms with Crippen LogP contribution >= 0.6 is 0 Å². The summed E-state index contributed by atoms with van der Waals surface area (Å²) in [5.41, 5.74) is 2.35. The number of methoxy groups -OCH3 is 1. The fourth-order valence-electron chi connectivity index (χ4n) is 2.02. The molecule has 2 heterocycles. The molecule has 1 saturated heterocycles. The van der Waals surface area contributed by atoms with Crippen LogP contribution in [0.2, 0.25) is 0 Å². The van der Waals surface area contributed by atoms with Gasteiger partial charge in [0.05, 0.1) is 23.5 Å². The van der Waals surface area contributed by atoms with Gasteiger partial charge in [-0.2, -0.15) is 0 Å². The normalized spacial score (nSPS) is 19.1. The number of hydrogen-bond donors (Lipinski definition) is 0. The van der Waals surface area contributed by atoms with Crippen molar-refractivity contribution >= 4 is 12.6 Å². The van der Waals surface area contributed by atoms with E-state index in [0.29, 0.717) is 6.61 Å². The average molecular weight is 293 g/mol. The van der Waals surface area contributed by atoms with Crippen LogP contribution in [0.25, 0.3) is 0 Å². The van der Waals surface area contributed by atoms with Crippen LogP contribution in [-0.2, 0) is 20.7 Å². The maximum absolute atomic E-state index is 6.01. The van der Waals surface area contributed by atoms with Crippen molar-refractivity contribution in [2.75, 3.05) is 7.11 Å². The van der Waals surface area contributed by atoms with Crippen LogP contribution in [0.5, 0.6) is 0 Å². The standard InChI is InChI=1S/C14H22BNO3.C2H6/c1-10-7-11(8-16-12(10)9-17-6)15-18-13(2,3)14(4,5)19-15;1-2/h7-8H,9H2,1-6H3;1-2H3. The van der Waals surface area contributed by atoms with Gasteiger partial charge < -0.3 is 14.0 Å². The Morgan fingerprint density at radius 3 is 2.10 bits per heavy atom. The minimum Gasteiger partial charge on any atom is -0.399 e. The van der Waals surface area contributed by atoms with E-state index in [1.165, 1.54) is 0 Å². The molecule has 0 radical (unpaired) electrons. The van der Waals surface area contributed by atoms with Crippen LogP contribution in [0.4, 0.5) is 0 Å². The highest BCUT2D eigenvalue weighted by atomic mass is 16.7. The van der Waals surface area contributed by atoms with E-state index >= 15 is 0 Å². The van der Waals surface area contributed by atoms with Crippen LogP contribution in [0.3, 0.4) is 0 Å². The molecule has 2 rings (SSSR count). The highest BCUT2D eigenvalue weighted by Gasteiger charge is 2.51. The Kier molecular flexibility index (Phi) is 5.96. The number of aryl methyl sites for hydroxylation is 1. The van der Waals surface area contributed by atoms with Crippen LogP contribution in [0.1, 0.15) is 52.8 Å². The molecular weight excluding hydrogens is 265 g/mol. The molecule has 0 unspecified atom stereocenters. The van der Waals surface area contributed by atoms with Crippen molar-refractivity contribution in [3.05, 3.63) is 23.5 Å². The third kappa shape index (κ3) is 3.85. The van der Waals surface area contributed by atoms with Gasteiger partial charge in [-0.15, -0.1) is 0 Å². The topological polar surface area (TPSA) is 40.6 Å². The van der Waals surface area contributed by atoms with E-state index in [0.717, 1.165) is 16.7 Å². The van der Waals surface area contributed by atoms with Gasteiger partial charge in [0, 0.05) is 18.8 Å². The lowest BCUT2D eigenvalue weighted by atomic mass is 9.79. The number of aromatic nitrogens is 1. The number of ether oxygens (including phenoxy) is 1. The van der Waals surface area contributed by atoms with Crippen LogP contribution in [0, 0.1) is 6.92 Å². The molecule has 0 amide bonds. The molecule has 118 valence electrons. The third-order valence-electron chi connectivity index (χ3n) is 4.01. The van der Waals surface area contributed by atoms with Gasteiger partial charge in [0.25, 0.3) is 0 Å². The molecule has 1 fully saturated rings. The first-order valence-electron chi connectivity index (χ1n) is 7.57. The van der Waals surface area contributed by atoms with Crippen molar-refractivity contribution in [3.8, 4) is 0 Å². The zero-order chi connectivity index (χ0) is 16.3. The molecular formula is C16H28BNO3. The van der Waals surface area contributed by atoms with E-state index in [4.69, 9.17) is 14.0 Å². The molecule has 0 saturated carbocycles. The molecule has 0 bridgehead atoms. The fourth-order valence-corrected chi connectivity index (χ4v) is 2.02. The van der Waals surface area contributed by atoms with Crippen molar-refractivity contribution in [3.63, 3.8) is 0 Å². The minimum absolute atomic E-state index is 0.323. The Bertz CT molecular complexity index is 459. The monoisotopic (exact) mass is 293 g/mol. The zero-order valence-electron chi connectivity index (χ0n) is 14.6. The Balaban J connectivity index is 0.00000106.